The van der Waals surface area contributed by atoms with Gasteiger partial charge in [0.25, 0.3) is 0 Å². The number of rotatable bonds is 3. The highest BCUT2D eigenvalue weighted by Crippen LogP contribution is 2.21. The third-order valence-corrected chi connectivity index (χ3v) is 4.10. The number of carbonyl (C=O) groups excluding carboxylic acids is 2. The topological polar surface area (TPSA) is 71.9 Å². The monoisotopic (exact) mass is 327 g/mol. The quantitative estimate of drug-likeness (QED) is 0.641. The lowest BCUT2D eigenvalue weighted by atomic mass is 10.2. The summed E-state index contributed by atoms with van der Waals surface area (Å²) in [6.07, 6.45) is 3.18. The first kappa shape index (κ1) is 15.1. The lowest BCUT2D eigenvalue weighted by molar-refractivity contribution is -0.129. The van der Waals surface area contributed by atoms with Crippen molar-refractivity contribution < 1.29 is 14.3 Å². The van der Waals surface area contributed by atoms with Gasteiger partial charge in [-0.3, -0.25) is 4.79 Å². The number of hydrogen-bond acceptors (Lipinski definition) is 6. The maximum absolute atomic E-state index is 11.9. The number of thiophene rings is 1. The number of nitrogens with zero attached hydrogens (tertiary/aromatic N) is 3. The molecule has 2 aromatic rings. The second-order valence-corrected chi connectivity index (χ2v) is 5.79. The van der Waals surface area contributed by atoms with E-state index in [1.54, 1.807) is 31.5 Å². The fourth-order valence-electron chi connectivity index (χ4n) is 1.92. The molecule has 1 aliphatic rings. The molecule has 0 saturated heterocycles. The van der Waals surface area contributed by atoms with Crippen molar-refractivity contribution in [2.75, 3.05) is 11.9 Å². The summed E-state index contributed by atoms with van der Waals surface area (Å²) in [7, 11) is 1.65. The van der Waals surface area contributed by atoms with Crippen LogP contribution in [-0.4, -0.2) is 29.8 Å². The molecule has 0 bridgehead atoms. The van der Waals surface area contributed by atoms with Crippen LogP contribution in [0, 0.1) is 0 Å². The zero-order chi connectivity index (χ0) is 16.4. The van der Waals surface area contributed by atoms with Crippen LogP contribution in [-0.2, 0) is 14.3 Å². The molecule has 1 aliphatic heterocycles. The Morgan fingerprint density at radius 1 is 1.35 bits per heavy atom. The van der Waals surface area contributed by atoms with Gasteiger partial charge in [0.1, 0.15) is 5.82 Å². The molecule has 6 nitrogen and oxygen atoms in total. The van der Waals surface area contributed by atoms with Gasteiger partial charge in [0, 0.05) is 20.2 Å². The number of esters is 1. The molecule has 7 heteroatoms. The van der Waals surface area contributed by atoms with Crippen molar-refractivity contribution in [3.05, 3.63) is 52.0 Å². The number of ether oxygens (including phenoxy) is 1. The first-order valence-corrected chi connectivity index (χ1v) is 7.69. The van der Waals surface area contributed by atoms with Gasteiger partial charge >= 0.3 is 5.97 Å². The number of cyclic esters (lactones) is 1. The molecule has 3 heterocycles. The van der Waals surface area contributed by atoms with Crippen molar-refractivity contribution in [2.45, 2.75) is 6.92 Å². The normalized spacial score (nSPS) is 15.5. The third-order valence-electron chi connectivity index (χ3n) is 3.24. The van der Waals surface area contributed by atoms with Crippen LogP contribution in [0.2, 0.25) is 0 Å². The Bertz CT molecular complexity index is 808. The van der Waals surface area contributed by atoms with Crippen LogP contribution < -0.4 is 4.90 Å². The molecular formula is C16H13N3O3S. The first-order valence-electron chi connectivity index (χ1n) is 6.81. The summed E-state index contributed by atoms with van der Waals surface area (Å²) in [4.78, 5) is 33.8. The highest BCUT2D eigenvalue weighted by atomic mass is 32.1. The van der Waals surface area contributed by atoms with E-state index >= 15 is 0 Å². The summed E-state index contributed by atoms with van der Waals surface area (Å²) in [5.74, 6) is 0.264. The zero-order valence-electron chi connectivity index (χ0n) is 12.5. The maximum atomic E-state index is 11.9. The van der Waals surface area contributed by atoms with Crippen LogP contribution in [0.4, 0.5) is 5.82 Å². The molecule has 23 heavy (non-hydrogen) atoms. The Morgan fingerprint density at radius 2 is 2.17 bits per heavy atom. The predicted molar refractivity (Wildman–Crippen MR) is 88.2 cm³/mol. The lowest BCUT2D eigenvalue weighted by Crippen LogP contribution is -2.23. The van der Waals surface area contributed by atoms with Crippen molar-refractivity contribution in [3.63, 3.8) is 0 Å². The average Bonchev–Trinajstić information content (AvgIpc) is 3.18. The fraction of sp³-hybridized carbons (Fsp3) is 0.125. The van der Waals surface area contributed by atoms with E-state index in [0.29, 0.717) is 17.3 Å². The number of amides is 1. The smallest absolute Gasteiger partial charge is 0.363 e. The van der Waals surface area contributed by atoms with Crippen LogP contribution in [0.1, 0.15) is 17.4 Å². The number of aliphatic imine (C=N–C) groups is 1. The van der Waals surface area contributed by atoms with Crippen LogP contribution in [0.15, 0.2) is 46.5 Å². The van der Waals surface area contributed by atoms with E-state index in [-0.39, 0.29) is 11.6 Å². The molecule has 0 aromatic carbocycles. The van der Waals surface area contributed by atoms with Crippen molar-refractivity contribution in [1.82, 2.24) is 4.98 Å². The van der Waals surface area contributed by atoms with Crippen LogP contribution in [0.25, 0.3) is 6.08 Å². The number of aromatic nitrogens is 1. The Morgan fingerprint density at radius 3 is 2.78 bits per heavy atom. The summed E-state index contributed by atoms with van der Waals surface area (Å²) < 4.78 is 5.16. The molecule has 0 aliphatic carbocycles. The largest absolute Gasteiger partial charge is 0.401 e. The molecule has 3 rings (SSSR count). The third kappa shape index (κ3) is 3.19. The summed E-state index contributed by atoms with van der Waals surface area (Å²) in [6, 6.07) is 7.18. The second kappa shape index (κ2) is 6.13. The van der Waals surface area contributed by atoms with E-state index in [9.17, 15) is 9.59 Å². The van der Waals surface area contributed by atoms with Gasteiger partial charge < -0.3 is 9.64 Å². The minimum absolute atomic E-state index is 0.104. The summed E-state index contributed by atoms with van der Waals surface area (Å²) >= 11 is 1.45. The fourth-order valence-corrected chi connectivity index (χ4v) is 2.56. The van der Waals surface area contributed by atoms with E-state index in [0.717, 1.165) is 4.88 Å². The van der Waals surface area contributed by atoms with E-state index in [2.05, 4.69) is 9.98 Å². The Hall–Kier alpha value is -2.80. The van der Waals surface area contributed by atoms with Gasteiger partial charge in [0.2, 0.25) is 11.8 Å². The minimum atomic E-state index is -0.488. The van der Waals surface area contributed by atoms with E-state index in [1.165, 1.54) is 23.2 Å². The molecule has 116 valence electrons. The number of pyridine rings is 1. The standard InChI is InChI=1S/C16H13N3O3S/c1-10(20)19(2)14-6-5-11(9-17-14)8-12-16(21)22-15(18-12)13-4-3-7-23-13/h3-9H,1-2H3/b12-8+. The summed E-state index contributed by atoms with van der Waals surface area (Å²) in [5.41, 5.74) is 0.928. The molecule has 0 saturated carbocycles. The van der Waals surface area contributed by atoms with Crippen LogP contribution >= 0.6 is 11.3 Å². The first-order chi connectivity index (χ1) is 11.0. The maximum Gasteiger partial charge on any atom is 0.363 e. The lowest BCUT2D eigenvalue weighted by Gasteiger charge is -2.13. The Balaban J connectivity index is 1.84. The Labute approximate surface area is 136 Å². The molecule has 0 radical (unpaired) electrons. The van der Waals surface area contributed by atoms with Gasteiger partial charge in [0.05, 0.1) is 4.88 Å². The van der Waals surface area contributed by atoms with Gasteiger partial charge in [-0.1, -0.05) is 6.07 Å². The van der Waals surface area contributed by atoms with E-state index < -0.39 is 5.97 Å². The predicted octanol–water partition coefficient (Wildman–Crippen LogP) is 2.47. The van der Waals surface area contributed by atoms with Gasteiger partial charge in [-0.05, 0) is 35.2 Å². The van der Waals surface area contributed by atoms with Crippen LogP contribution in [0.3, 0.4) is 0 Å². The van der Waals surface area contributed by atoms with Crippen molar-refractivity contribution in [3.8, 4) is 0 Å². The van der Waals surface area contributed by atoms with Gasteiger partial charge in [-0.15, -0.1) is 11.3 Å². The average molecular weight is 327 g/mol. The molecule has 0 fully saturated rings. The number of anilines is 1. The van der Waals surface area contributed by atoms with Crippen molar-refractivity contribution in [1.29, 1.82) is 0 Å². The summed E-state index contributed by atoms with van der Waals surface area (Å²) in [6.45, 7) is 1.47. The van der Waals surface area contributed by atoms with Gasteiger partial charge in [-0.2, -0.15) is 0 Å². The SMILES string of the molecule is CC(=O)N(C)c1ccc(/C=C2/N=C(c3cccs3)OC2=O)cn1. The number of carbonyl (C=O) groups is 2. The highest BCUT2D eigenvalue weighted by molar-refractivity contribution is 7.12. The van der Waals surface area contributed by atoms with Crippen molar-refractivity contribution in [2.24, 2.45) is 4.99 Å². The highest BCUT2D eigenvalue weighted by Gasteiger charge is 2.24. The van der Waals surface area contributed by atoms with Crippen molar-refractivity contribution >= 4 is 41.0 Å². The molecule has 0 spiro atoms. The molecule has 0 unspecified atom stereocenters. The molecule has 1 amide bonds. The molecule has 0 atom stereocenters. The zero-order valence-corrected chi connectivity index (χ0v) is 13.3. The van der Waals surface area contributed by atoms with Crippen LogP contribution in [0.5, 0.6) is 0 Å². The molecular weight excluding hydrogens is 314 g/mol. The Kier molecular flexibility index (Phi) is 4.03. The second-order valence-electron chi connectivity index (χ2n) is 4.84. The number of hydrogen-bond donors (Lipinski definition) is 0. The molecule has 2 aromatic heterocycles. The minimum Gasteiger partial charge on any atom is -0.401 e. The van der Waals surface area contributed by atoms with E-state index in [4.69, 9.17) is 4.74 Å². The summed E-state index contributed by atoms with van der Waals surface area (Å²) in [5, 5.41) is 1.89. The molecule has 0 N–H and O–H groups in total. The van der Waals surface area contributed by atoms with E-state index in [1.807, 2.05) is 17.5 Å². The van der Waals surface area contributed by atoms with Gasteiger partial charge in [0.15, 0.2) is 5.70 Å². The van der Waals surface area contributed by atoms with Gasteiger partial charge in [-0.25, -0.2) is 14.8 Å².